The van der Waals surface area contributed by atoms with E-state index in [1.165, 1.54) is 38.6 Å². The molecule has 1 heterocycles. The summed E-state index contributed by atoms with van der Waals surface area (Å²) in [5, 5.41) is 10.3. The second-order valence-corrected chi connectivity index (χ2v) is 7.69. The zero-order valence-corrected chi connectivity index (χ0v) is 19.2. The number of hydrogen-bond acceptors (Lipinski definition) is 5. The van der Waals surface area contributed by atoms with Gasteiger partial charge < -0.3 is 24.0 Å². The lowest BCUT2D eigenvalue weighted by atomic mass is 10.1. The van der Waals surface area contributed by atoms with Crippen molar-refractivity contribution >= 4 is 22.5 Å². The number of hydrogen-bond donors (Lipinski definition) is 1. The molecule has 35 heavy (non-hydrogen) atoms. The molecule has 0 fully saturated rings. The average molecular weight is 480 g/mol. The number of fused-ring (bicyclic) bond motifs is 1. The van der Waals surface area contributed by atoms with Gasteiger partial charge in [-0.2, -0.15) is 0 Å². The van der Waals surface area contributed by atoms with E-state index in [1.54, 1.807) is 29.7 Å². The van der Waals surface area contributed by atoms with E-state index in [0.29, 0.717) is 28.8 Å². The number of methoxy groups -OCH3 is 2. The Morgan fingerprint density at radius 3 is 2.17 bits per heavy atom. The minimum absolute atomic E-state index is 0.0187. The van der Waals surface area contributed by atoms with Crippen LogP contribution in [0.3, 0.4) is 0 Å². The van der Waals surface area contributed by atoms with Gasteiger partial charge in [0.25, 0.3) is 5.91 Å². The summed E-state index contributed by atoms with van der Waals surface area (Å²) in [7, 11) is 2.97. The zero-order chi connectivity index (χ0) is 25.3. The predicted octanol–water partition coefficient (Wildman–Crippen LogP) is 4.66. The van der Waals surface area contributed by atoms with Gasteiger partial charge in [0.1, 0.15) is 34.4 Å². The molecule has 1 N–H and O–H groups in total. The molecule has 3 aromatic carbocycles. The number of pyridine rings is 1. The summed E-state index contributed by atoms with van der Waals surface area (Å²) in [6, 6.07) is 11.9. The van der Waals surface area contributed by atoms with E-state index in [0.717, 1.165) is 17.0 Å². The third-order valence-electron chi connectivity index (χ3n) is 5.55. The lowest BCUT2D eigenvalue weighted by molar-refractivity contribution is 0.0987. The largest absolute Gasteiger partial charge is 0.508 e. The van der Waals surface area contributed by atoms with E-state index < -0.39 is 23.0 Å². The minimum atomic E-state index is -0.846. The maximum Gasteiger partial charge on any atom is 0.263 e. The van der Waals surface area contributed by atoms with Gasteiger partial charge in [0, 0.05) is 54.1 Å². The van der Waals surface area contributed by atoms with Crippen LogP contribution in [0.4, 0.5) is 14.5 Å². The lowest BCUT2D eigenvalue weighted by Crippen LogP contribution is -2.35. The summed E-state index contributed by atoms with van der Waals surface area (Å²) in [5.41, 5.74) is -0.00913. The normalized spacial score (nSPS) is 10.9. The minimum Gasteiger partial charge on any atom is -0.508 e. The summed E-state index contributed by atoms with van der Waals surface area (Å²) in [6.07, 6.45) is 1.33. The molecular formula is C26H22F2N2O5. The smallest absolute Gasteiger partial charge is 0.263 e. The number of aromatic hydroxyl groups is 1. The molecule has 0 spiro atoms. The lowest BCUT2D eigenvalue weighted by Gasteiger charge is -2.22. The van der Waals surface area contributed by atoms with Gasteiger partial charge in [0.05, 0.1) is 25.4 Å². The number of carbonyl (C=O) groups excluding carboxylic acids is 1. The van der Waals surface area contributed by atoms with Crippen LogP contribution in [0.2, 0.25) is 0 Å². The molecule has 1 aromatic heterocycles. The summed E-state index contributed by atoms with van der Waals surface area (Å²) in [6.45, 7) is 1.69. The number of halogens is 2. The van der Waals surface area contributed by atoms with Crippen LogP contribution < -0.4 is 19.8 Å². The fourth-order valence-corrected chi connectivity index (χ4v) is 3.90. The number of carbonyl (C=O) groups is 1. The predicted molar refractivity (Wildman–Crippen MR) is 128 cm³/mol. The maximum atomic E-state index is 13.9. The summed E-state index contributed by atoms with van der Waals surface area (Å²) in [5.74, 6) is -1.58. The summed E-state index contributed by atoms with van der Waals surface area (Å²) < 4.78 is 39.9. The van der Waals surface area contributed by atoms with Crippen LogP contribution in [-0.2, 0) is 0 Å². The number of benzene rings is 3. The van der Waals surface area contributed by atoms with Gasteiger partial charge in [-0.3, -0.25) is 9.59 Å². The topological polar surface area (TPSA) is 81.0 Å². The Morgan fingerprint density at radius 2 is 1.60 bits per heavy atom. The van der Waals surface area contributed by atoms with Gasteiger partial charge in [-0.05, 0) is 31.2 Å². The van der Waals surface area contributed by atoms with Crippen molar-refractivity contribution in [2.45, 2.75) is 6.92 Å². The Hall–Kier alpha value is -4.40. The highest BCUT2D eigenvalue weighted by atomic mass is 19.1. The molecule has 0 radical (unpaired) electrons. The molecule has 0 aliphatic rings. The second kappa shape index (κ2) is 9.46. The van der Waals surface area contributed by atoms with Crippen LogP contribution in [0, 0.1) is 11.6 Å². The van der Waals surface area contributed by atoms with Crippen molar-refractivity contribution in [3.63, 3.8) is 0 Å². The van der Waals surface area contributed by atoms with Crippen molar-refractivity contribution in [3.8, 4) is 22.9 Å². The van der Waals surface area contributed by atoms with Crippen LogP contribution in [0.25, 0.3) is 16.6 Å². The molecule has 0 saturated heterocycles. The quantitative estimate of drug-likeness (QED) is 0.434. The Bertz CT molecular complexity index is 1460. The first-order chi connectivity index (χ1) is 16.7. The Balaban J connectivity index is 1.98. The molecule has 0 aliphatic heterocycles. The molecule has 9 heteroatoms. The van der Waals surface area contributed by atoms with Crippen LogP contribution in [0.1, 0.15) is 17.3 Å². The van der Waals surface area contributed by atoms with Crippen LogP contribution >= 0.6 is 0 Å². The monoisotopic (exact) mass is 480 g/mol. The molecule has 0 bridgehead atoms. The van der Waals surface area contributed by atoms with Gasteiger partial charge >= 0.3 is 0 Å². The van der Waals surface area contributed by atoms with Gasteiger partial charge in [0.15, 0.2) is 0 Å². The molecule has 0 unspecified atom stereocenters. The first-order valence-corrected chi connectivity index (χ1v) is 10.7. The second-order valence-electron chi connectivity index (χ2n) is 7.69. The van der Waals surface area contributed by atoms with Crippen molar-refractivity contribution in [2.24, 2.45) is 0 Å². The third-order valence-corrected chi connectivity index (χ3v) is 5.55. The highest BCUT2D eigenvalue weighted by Crippen LogP contribution is 2.29. The zero-order valence-electron chi connectivity index (χ0n) is 19.2. The summed E-state index contributed by atoms with van der Waals surface area (Å²) in [4.78, 5) is 28.0. The first kappa shape index (κ1) is 23.7. The van der Waals surface area contributed by atoms with Crippen LogP contribution in [0.15, 0.2) is 65.6 Å². The van der Waals surface area contributed by atoms with Crippen LogP contribution in [-0.4, -0.2) is 36.3 Å². The van der Waals surface area contributed by atoms with Crippen molar-refractivity contribution in [1.82, 2.24) is 4.57 Å². The Labute approximate surface area is 199 Å². The van der Waals surface area contributed by atoms with Gasteiger partial charge in [0.2, 0.25) is 5.43 Å². The SMILES string of the molecule is CCN(C(=O)c1cn(-c2cc(OC)cc(OC)c2)c2cc(O)ccc2c1=O)c1cc(F)cc(F)c1. The van der Waals surface area contributed by atoms with E-state index >= 15 is 0 Å². The number of ether oxygens (including phenoxy) is 2. The number of phenolic OH excluding ortho intramolecular Hbond substituents is 1. The van der Waals surface area contributed by atoms with E-state index in [9.17, 15) is 23.5 Å². The Morgan fingerprint density at radius 1 is 0.971 bits per heavy atom. The van der Waals surface area contributed by atoms with E-state index in [2.05, 4.69) is 0 Å². The number of aromatic nitrogens is 1. The number of nitrogens with zero attached hydrogens (tertiary/aromatic N) is 2. The standard InChI is InChI=1S/C26H22F2N2O5/c1-4-29(17-8-15(27)7-16(28)9-17)26(33)23-14-30(18-10-20(34-2)13-21(11-18)35-3)24-12-19(31)5-6-22(24)25(23)32/h5-14,31H,4H2,1-3H3. The summed E-state index contributed by atoms with van der Waals surface area (Å²) >= 11 is 0. The third kappa shape index (κ3) is 4.52. The highest BCUT2D eigenvalue weighted by molar-refractivity contribution is 6.07. The molecule has 0 saturated carbocycles. The molecule has 4 rings (SSSR count). The Kier molecular flexibility index (Phi) is 6.42. The number of amides is 1. The van der Waals surface area contributed by atoms with Gasteiger partial charge in [-0.15, -0.1) is 0 Å². The van der Waals surface area contributed by atoms with Gasteiger partial charge in [-0.25, -0.2) is 8.78 Å². The maximum absolute atomic E-state index is 13.9. The molecule has 0 atom stereocenters. The van der Waals surface area contributed by atoms with Crippen molar-refractivity contribution < 1.29 is 28.2 Å². The number of rotatable bonds is 6. The molecule has 7 nitrogen and oxygen atoms in total. The molecule has 4 aromatic rings. The molecule has 1 amide bonds. The fraction of sp³-hybridized carbons (Fsp3) is 0.154. The molecular weight excluding hydrogens is 458 g/mol. The number of phenols is 1. The first-order valence-electron chi connectivity index (χ1n) is 10.7. The highest BCUT2D eigenvalue weighted by Gasteiger charge is 2.23. The van der Waals surface area contributed by atoms with Crippen molar-refractivity contribution in [1.29, 1.82) is 0 Å². The van der Waals surface area contributed by atoms with Crippen molar-refractivity contribution in [3.05, 3.63) is 88.2 Å². The van der Waals surface area contributed by atoms with Gasteiger partial charge in [-0.1, -0.05) is 0 Å². The molecule has 0 aliphatic carbocycles. The van der Waals surface area contributed by atoms with E-state index in [-0.39, 0.29) is 28.9 Å². The fourth-order valence-electron chi connectivity index (χ4n) is 3.90. The van der Waals surface area contributed by atoms with E-state index in [4.69, 9.17) is 9.47 Å². The van der Waals surface area contributed by atoms with Crippen molar-refractivity contribution in [2.75, 3.05) is 25.7 Å². The molecule has 180 valence electrons. The van der Waals surface area contributed by atoms with E-state index in [1.807, 2.05) is 0 Å². The number of anilines is 1. The van der Waals surface area contributed by atoms with Crippen LogP contribution in [0.5, 0.6) is 17.2 Å². The average Bonchev–Trinajstić information content (AvgIpc) is 2.83.